The molecule has 3 rings (SSSR count). The van der Waals surface area contributed by atoms with Gasteiger partial charge in [0.2, 0.25) is 11.8 Å². The van der Waals surface area contributed by atoms with E-state index in [1.807, 2.05) is 60.7 Å². The summed E-state index contributed by atoms with van der Waals surface area (Å²) in [6.07, 6.45) is -0.495. The fourth-order valence-corrected chi connectivity index (χ4v) is 3.16. The maximum Gasteiger partial charge on any atom is 0.408 e. The summed E-state index contributed by atoms with van der Waals surface area (Å²) in [7, 11) is 0. The lowest BCUT2D eigenvalue weighted by Gasteiger charge is -2.18. The van der Waals surface area contributed by atoms with Crippen molar-refractivity contribution in [3.63, 3.8) is 0 Å². The van der Waals surface area contributed by atoms with Crippen molar-refractivity contribution in [2.75, 3.05) is 11.9 Å². The van der Waals surface area contributed by atoms with Crippen LogP contribution in [0.3, 0.4) is 0 Å². The largest absolute Gasteiger partial charge is 0.445 e. The van der Waals surface area contributed by atoms with Gasteiger partial charge in [-0.3, -0.25) is 9.59 Å². The lowest BCUT2D eigenvalue weighted by Crippen LogP contribution is -2.49. The van der Waals surface area contributed by atoms with E-state index in [0.29, 0.717) is 5.69 Å². The summed E-state index contributed by atoms with van der Waals surface area (Å²) >= 11 is 0. The Labute approximate surface area is 198 Å². The molecule has 4 N–H and O–H groups in total. The van der Waals surface area contributed by atoms with Crippen LogP contribution in [0.4, 0.5) is 10.5 Å². The van der Waals surface area contributed by atoms with Crippen molar-refractivity contribution in [2.24, 2.45) is 0 Å². The highest BCUT2D eigenvalue weighted by Gasteiger charge is 2.22. The van der Waals surface area contributed by atoms with Crippen molar-refractivity contribution >= 4 is 23.6 Å². The topological polar surface area (TPSA) is 117 Å². The van der Waals surface area contributed by atoms with Gasteiger partial charge in [-0.25, -0.2) is 4.79 Å². The predicted octanol–water partition coefficient (Wildman–Crippen LogP) is 2.77. The van der Waals surface area contributed by atoms with Gasteiger partial charge < -0.3 is 25.8 Å². The number of rotatable bonds is 10. The average Bonchev–Trinajstić information content (AvgIpc) is 2.87. The number of carbonyl (C=O) groups excluding carboxylic acids is 3. The molecule has 0 bridgehead atoms. The highest BCUT2D eigenvalue weighted by molar-refractivity contribution is 5.95. The zero-order chi connectivity index (χ0) is 24.2. The molecule has 0 heterocycles. The van der Waals surface area contributed by atoms with Gasteiger partial charge in [-0.1, -0.05) is 72.8 Å². The van der Waals surface area contributed by atoms with Crippen LogP contribution in [0, 0.1) is 0 Å². The third-order valence-corrected chi connectivity index (χ3v) is 4.95. The summed E-state index contributed by atoms with van der Waals surface area (Å²) in [5, 5.41) is 16.9. The molecular weight excluding hydrogens is 434 g/mol. The molecule has 3 aromatic rings. The van der Waals surface area contributed by atoms with Crippen LogP contribution in [0.25, 0.3) is 0 Å². The van der Waals surface area contributed by atoms with Gasteiger partial charge in [-0.2, -0.15) is 0 Å². The van der Waals surface area contributed by atoms with E-state index in [1.165, 1.54) is 0 Å². The molecule has 0 unspecified atom stereocenters. The molecule has 0 radical (unpaired) electrons. The van der Waals surface area contributed by atoms with Gasteiger partial charge in [0.25, 0.3) is 0 Å². The Bertz CT molecular complexity index is 1070. The maximum absolute atomic E-state index is 12.8. The van der Waals surface area contributed by atoms with Crippen molar-refractivity contribution in [1.82, 2.24) is 10.6 Å². The first kappa shape index (κ1) is 24.5. The standard InChI is InChI=1S/C26H27N3O5/c30-17-20-11-13-22(14-12-20)28-24(31)16-27-25(32)23(15-19-7-3-1-4-8-19)29-26(33)34-18-21-9-5-2-6-10-21/h1-14,23,30H,15-18H2,(H,27,32)(H,28,31)(H,29,33)/t23-/m0/s1. The molecule has 8 nitrogen and oxygen atoms in total. The zero-order valence-electron chi connectivity index (χ0n) is 18.6. The van der Waals surface area contributed by atoms with Gasteiger partial charge in [-0.05, 0) is 28.8 Å². The molecule has 0 saturated carbocycles. The first-order chi connectivity index (χ1) is 16.5. The van der Waals surface area contributed by atoms with Crippen LogP contribution in [0.5, 0.6) is 0 Å². The molecule has 176 valence electrons. The first-order valence-electron chi connectivity index (χ1n) is 10.8. The summed E-state index contributed by atoms with van der Waals surface area (Å²) in [5.41, 5.74) is 2.94. The van der Waals surface area contributed by atoms with Crippen LogP contribution in [0.2, 0.25) is 0 Å². The minimum absolute atomic E-state index is 0.0732. The number of carbonyl (C=O) groups is 3. The van der Waals surface area contributed by atoms with E-state index in [4.69, 9.17) is 9.84 Å². The van der Waals surface area contributed by atoms with Crippen molar-refractivity contribution in [1.29, 1.82) is 0 Å². The molecule has 0 aliphatic carbocycles. The summed E-state index contributed by atoms with van der Waals surface area (Å²) in [6, 6.07) is 24.2. The van der Waals surface area contributed by atoms with Crippen molar-refractivity contribution in [2.45, 2.75) is 25.7 Å². The van der Waals surface area contributed by atoms with E-state index in [-0.39, 0.29) is 26.2 Å². The number of nitrogens with one attached hydrogen (secondary N) is 3. The fraction of sp³-hybridized carbons (Fsp3) is 0.192. The van der Waals surface area contributed by atoms with E-state index < -0.39 is 23.9 Å². The van der Waals surface area contributed by atoms with Gasteiger partial charge in [0.1, 0.15) is 12.6 Å². The number of hydrogen-bond donors (Lipinski definition) is 4. The van der Waals surface area contributed by atoms with Gasteiger partial charge in [0, 0.05) is 12.1 Å². The Morgan fingerprint density at radius 2 is 1.41 bits per heavy atom. The number of hydrogen-bond acceptors (Lipinski definition) is 5. The Balaban J connectivity index is 1.55. The number of alkyl carbamates (subject to hydrolysis) is 1. The van der Waals surface area contributed by atoms with Crippen molar-refractivity contribution in [3.8, 4) is 0 Å². The molecule has 0 saturated heterocycles. The Kier molecular flexibility index (Phi) is 9.19. The number of anilines is 1. The second-order valence-electron chi connectivity index (χ2n) is 7.57. The Hall–Kier alpha value is -4.17. The lowest BCUT2D eigenvalue weighted by molar-refractivity contribution is -0.125. The molecule has 0 aliphatic heterocycles. The van der Waals surface area contributed by atoms with Gasteiger partial charge in [0.05, 0.1) is 13.2 Å². The summed E-state index contributed by atoms with van der Waals surface area (Å²) < 4.78 is 5.24. The number of ether oxygens (including phenoxy) is 1. The number of aliphatic hydroxyl groups is 1. The minimum Gasteiger partial charge on any atom is -0.445 e. The monoisotopic (exact) mass is 461 g/mol. The smallest absolute Gasteiger partial charge is 0.408 e. The van der Waals surface area contributed by atoms with Gasteiger partial charge in [0.15, 0.2) is 0 Å². The summed E-state index contributed by atoms with van der Waals surface area (Å²) in [5.74, 6) is -0.929. The predicted molar refractivity (Wildman–Crippen MR) is 128 cm³/mol. The zero-order valence-corrected chi connectivity index (χ0v) is 18.6. The second-order valence-corrected chi connectivity index (χ2v) is 7.57. The molecule has 3 amide bonds. The molecule has 8 heteroatoms. The molecule has 0 fully saturated rings. The van der Waals surface area contributed by atoms with Crippen LogP contribution in [-0.4, -0.2) is 35.6 Å². The Morgan fingerprint density at radius 3 is 2.03 bits per heavy atom. The highest BCUT2D eigenvalue weighted by Crippen LogP contribution is 2.09. The molecule has 0 aromatic heterocycles. The van der Waals surface area contributed by atoms with E-state index in [0.717, 1.165) is 16.7 Å². The molecule has 3 aromatic carbocycles. The minimum atomic E-state index is -0.928. The van der Waals surface area contributed by atoms with Crippen LogP contribution in [0.15, 0.2) is 84.9 Å². The average molecular weight is 462 g/mol. The van der Waals surface area contributed by atoms with Gasteiger partial charge >= 0.3 is 6.09 Å². The Morgan fingerprint density at radius 1 is 0.794 bits per heavy atom. The van der Waals surface area contributed by atoms with E-state index >= 15 is 0 Å². The molecular formula is C26H27N3O5. The van der Waals surface area contributed by atoms with Crippen LogP contribution in [0.1, 0.15) is 16.7 Å². The maximum atomic E-state index is 12.8. The molecule has 0 spiro atoms. The van der Waals surface area contributed by atoms with E-state index in [1.54, 1.807) is 24.3 Å². The second kappa shape index (κ2) is 12.8. The molecule has 34 heavy (non-hydrogen) atoms. The summed E-state index contributed by atoms with van der Waals surface area (Å²) in [6.45, 7) is -0.287. The van der Waals surface area contributed by atoms with Crippen LogP contribution >= 0.6 is 0 Å². The first-order valence-corrected chi connectivity index (χ1v) is 10.8. The number of amides is 3. The fourth-order valence-electron chi connectivity index (χ4n) is 3.16. The van der Waals surface area contributed by atoms with Crippen molar-refractivity contribution < 1.29 is 24.2 Å². The molecule has 0 aliphatic rings. The molecule has 1 atom stereocenters. The number of aliphatic hydroxyl groups excluding tert-OH is 1. The summed E-state index contributed by atoms with van der Waals surface area (Å²) in [4.78, 5) is 37.4. The third-order valence-electron chi connectivity index (χ3n) is 4.95. The van der Waals surface area contributed by atoms with Crippen LogP contribution < -0.4 is 16.0 Å². The third kappa shape index (κ3) is 8.07. The van der Waals surface area contributed by atoms with Gasteiger partial charge in [-0.15, -0.1) is 0 Å². The normalized spacial score (nSPS) is 11.2. The van der Waals surface area contributed by atoms with Crippen molar-refractivity contribution in [3.05, 3.63) is 102 Å². The van der Waals surface area contributed by atoms with Crippen LogP contribution in [-0.2, 0) is 34.0 Å². The van der Waals surface area contributed by atoms with E-state index in [2.05, 4.69) is 16.0 Å². The quantitative estimate of drug-likeness (QED) is 0.370. The SMILES string of the molecule is O=C(CNC(=O)[C@H](Cc1ccccc1)NC(=O)OCc1ccccc1)Nc1ccc(CO)cc1. The lowest BCUT2D eigenvalue weighted by atomic mass is 10.1. The van der Waals surface area contributed by atoms with E-state index in [9.17, 15) is 14.4 Å². The highest BCUT2D eigenvalue weighted by atomic mass is 16.5. The number of benzene rings is 3.